The molecule has 9 heteroatoms. The Kier molecular flexibility index (Phi) is 5.29. The molecule has 4 rings (SSSR count). The van der Waals surface area contributed by atoms with Crippen LogP contribution in [0, 0.1) is 21.4 Å². The van der Waals surface area contributed by atoms with Gasteiger partial charge in [0.1, 0.15) is 12.2 Å². The van der Waals surface area contributed by atoms with Crippen LogP contribution in [0.2, 0.25) is 0 Å². The van der Waals surface area contributed by atoms with Crippen LogP contribution in [0.1, 0.15) is 12.0 Å². The fourth-order valence-electron chi connectivity index (χ4n) is 3.16. The summed E-state index contributed by atoms with van der Waals surface area (Å²) in [5.41, 5.74) is 1.77. The van der Waals surface area contributed by atoms with E-state index >= 15 is 0 Å². The summed E-state index contributed by atoms with van der Waals surface area (Å²) < 4.78 is 12.0. The van der Waals surface area contributed by atoms with Crippen molar-refractivity contribution in [3.8, 4) is 11.8 Å². The van der Waals surface area contributed by atoms with E-state index < -0.39 is 4.92 Å². The molecule has 3 aromatic rings. The Balaban J connectivity index is 1.84. The molecular formula is C20H15BrN4O4. The maximum atomic E-state index is 11.7. The molecule has 1 aromatic heterocycles. The van der Waals surface area contributed by atoms with E-state index in [1.54, 1.807) is 6.07 Å². The number of ether oxygens (including phenoxy) is 2. The Morgan fingerprint density at radius 3 is 2.93 bits per heavy atom. The minimum absolute atomic E-state index is 0.142. The maximum Gasteiger partial charge on any atom is 0.311 e. The van der Waals surface area contributed by atoms with Crippen molar-refractivity contribution in [2.24, 2.45) is 0 Å². The Morgan fingerprint density at radius 1 is 1.38 bits per heavy atom. The number of anilines is 2. The zero-order chi connectivity index (χ0) is 20.4. The van der Waals surface area contributed by atoms with Crippen molar-refractivity contribution >= 4 is 43.9 Å². The van der Waals surface area contributed by atoms with E-state index in [0.29, 0.717) is 36.2 Å². The van der Waals surface area contributed by atoms with Crippen LogP contribution in [0.15, 0.2) is 47.1 Å². The van der Waals surface area contributed by atoms with Gasteiger partial charge in [-0.25, -0.2) is 0 Å². The Hall–Kier alpha value is -3.22. The minimum atomic E-state index is -0.494. The monoisotopic (exact) mass is 454 g/mol. The fourth-order valence-corrected chi connectivity index (χ4v) is 3.56. The number of halogens is 1. The first-order chi connectivity index (χ1) is 14.0. The van der Waals surface area contributed by atoms with Gasteiger partial charge in [-0.2, -0.15) is 5.26 Å². The number of nitriles is 1. The number of hydrogen-bond donors (Lipinski definition) is 1. The van der Waals surface area contributed by atoms with Crippen molar-refractivity contribution in [3.63, 3.8) is 0 Å². The largest absolute Gasteiger partial charge is 0.481 e. The van der Waals surface area contributed by atoms with Crippen molar-refractivity contribution in [1.82, 2.24) is 4.98 Å². The van der Waals surface area contributed by atoms with Gasteiger partial charge in [-0.05, 0) is 18.2 Å². The highest BCUT2D eigenvalue weighted by Gasteiger charge is 2.25. The SMILES string of the molecule is N#Cc1cnc2cc(OC3CCOC3)c([N+](=O)[O-])cc2c1Nc1cccc(Br)c1. The molecule has 1 aliphatic rings. The molecule has 0 saturated carbocycles. The molecule has 1 unspecified atom stereocenters. The third-order valence-electron chi connectivity index (χ3n) is 4.54. The van der Waals surface area contributed by atoms with E-state index in [2.05, 4.69) is 32.3 Å². The number of aromatic nitrogens is 1. The van der Waals surface area contributed by atoms with Crippen molar-refractivity contribution in [3.05, 3.63) is 62.7 Å². The number of pyridine rings is 1. The molecule has 1 N–H and O–H groups in total. The number of nitro groups is 1. The van der Waals surface area contributed by atoms with Crippen LogP contribution in [0.4, 0.5) is 17.1 Å². The van der Waals surface area contributed by atoms with Crippen LogP contribution < -0.4 is 10.1 Å². The molecule has 1 saturated heterocycles. The highest BCUT2D eigenvalue weighted by Crippen LogP contribution is 2.38. The van der Waals surface area contributed by atoms with Gasteiger partial charge in [-0.3, -0.25) is 15.1 Å². The Bertz CT molecular complexity index is 1140. The van der Waals surface area contributed by atoms with Crippen LogP contribution in [-0.4, -0.2) is 29.2 Å². The van der Waals surface area contributed by atoms with Crippen molar-refractivity contribution in [2.45, 2.75) is 12.5 Å². The van der Waals surface area contributed by atoms with Gasteiger partial charge in [0.2, 0.25) is 0 Å². The summed E-state index contributed by atoms with van der Waals surface area (Å²) in [6.07, 6.45) is 1.88. The summed E-state index contributed by atoms with van der Waals surface area (Å²) in [7, 11) is 0. The van der Waals surface area contributed by atoms with Gasteiger partial charge in [0.05, 0.1) is 34.9 Å². The zero-order valence-corrected chi connectivity index (χ0v) is 16.7. The highest BCUT2D eigenvalue weighted by molar-refractivity contribution is 9.10. The summed E-state index contributed by atoms with van der Waals surface area (Å²) in [5.74, 6) is 0.142. The van der Waals surface area contributed by atoms with E-state index in [0.717, 1.165) is 10.2 Å². The van der Waals surface area contributed by atoms with Gasteiger partial charge in [-0.15, -0.1) is 0 Å². The molecule has 0 radical (unpaired) electrons. The van der Waals surface area contributed by atoms with Crippen molar-refractivity contribution in [1.29, 1.82) is 5.26 Å². The molecule has 0 aliphatic carbocycles. The van der Waals surface area contributed by atoms with E-state index in [9.17, 15) is 15.4 Å². The lowest BCUT2D eigenvalue weighted by atomic mass is 10.1. The van der Waals surface area contributed by atoms with Gasteiger partial charge < -0.3 is 14.8 Å². The minimum Gasteiger partial charge on any atom is -0.481 e. The second-order valence-electron chi connectivity index (χ2n) is 6.49. The second-order valence-corrected chi connectivity index (χ2v) is 7.41. The van der Waals surface area contributed by atoms with Gasteiger partial charge in [0, 0.05) is 40.3 Å². The lowest BCUT2D eigenvalue weighted by Gasteiger charge is -2.15. The highest BCUT2D eigenvalue weighted by atomic mass is 79.9. The van der Waals surface area contributed by atoms with Gasteiger partial charge in [-0.1, -0.05) is 22.0 Å². The van der Waals surface area contributed by atoms with Crippen molar-refractivity contribution < 1.29 is 14.4 Å². The summed E-state index contributed by atoms with van der Waals surface area (Å²) in [6, 6.07) is 12.4. The van der Waals surface area contributed by atoms with Crippen LogP contribution in [0.5, 0.6) is 5.75 Å². The number of benzene rings is 2. The number of hydrogen-bond acceptors (Lipinski definition) is 7. The molecule has 8 nitrogen and oxygen atoms in total. The molecule has 1 fully saturated rings. The van der Waals surface area contributed by atoms with Gasteiger partial charge in [0.15, 0.2) is 5.75 Å². The number of fused-ring (bicyclic) bond motifs is 1. The van der Waals surface area contributed by atoms with Crippen LogP contribution in [0.3, 0.4) is 0 Å². The maximum absolute atomic E-state index is 11.7. The standard InChI is InChI=1S/C20H15BrN4O4/c21-13-2-1-3-14(6-13)24-20-12(9-22)10-23-17-8-19(29-15-4-5-28-11-15)18(25(26)27)7-16(17)20/h1-3,6-8,10,15H,4-5,11H2,(H,23,24). The van der Waals surface area contributed by atoms with E-state index in [-0.39, 0.29) is 23.1 Å². The van der Waals surface area contributed by atoms with Gasteiger partial charge in [0.25, 0.3) is 0 Å². The molecule has 1 atom stereocenters. The molecular weight excluding hydrogens is 440 g/mol. The van der Waals surface area contributed by atoms with E-state index in [4.69, 9.17) is 9.47 Å². The topological polar surface area (TPSA) is 110 Å². The third-order valence-corrected chi connectivity index (χ3v) is 5.03. The lowest BCUT2D eigenvalue weighted by molar-refractivity contribution is -0.385. The van der Waals surface area contributed by atoms with Gasteiger partial charge >= 0.3 is 5.69 Å². The average Bonchev–Trinajstić information content (AvgIpc) is 3.20. The lowest BCUT2D eigenvalue weighted by Crippen LogP contribution is -2.16. The Labute approximate surface area is 174 Å². The molecule has 146 valence electrons. The summed E-state index contributed by atoms with van der Waals surface area (Å²) in [6.45, 7) is 0.961. The predicted octanol–water partition coefficient (Wildman–Crippen LogP) is 4.69. The smallest absolute Gasteiger partial charge is 0.311 e. The summed E-state index contributed by atoms with van der Waals surface area (Å²) in [4.78, 5) is 15.5. The number of nitro benzene ring substituents is 1. The molecule has 2 aromatic carbocycles. The number of nitrogens with one attached hydrogen (secondary N) is 1. The molecule has 0 bridgehead atoms. The predicted molar refractivity (Wildman–Crippen MR) is 110 cm³/mol. The van der Waals surface area contributed by atoms with Crippen LogP contribution >= 0.6 is 15.9 Å². The molecule has 0 amide bonds. The first-order valence-electron chi connectivity index (χ1n) is 8.83. The molecule has 2 heterocycles. The fraction of sp³-hybridized carbons (Fsp3) is 0.200. The van der Waals surface area contributed by atoms with Crippen LogP contribution in [0.25, 0.3) is 10.9 Å². The van der Waals surface area contributed by atoms with Crippen molar-refractivity contribution in [2.75, 3.05) is 18.5 Å². The number of rotatable bonds is 5. The van der Waals surface area contributed by atoms with E-state index in [1.807, 2.05) is 24.3 Å². The summed E-state index contributed by atoms with van der Waals surface area (Å²) in [5, 5.41) is 24.9. The normalized spacial score (nSPS) is 15.8. The quantitative estimate of drug-likeness (QED) is 0.439. The molecule has 0 spiro atoms. The van der Waals surface area contributed by atoms with Crippen LogP contribution in [-0.2, 0) is 4.74 Å². The van der Waals surface area contributed by atoms with E-state index in [1.165, 1.54) is 12.3 Å². The first-order valence-corrected chi connectivity index (χ1v) is 9.62. The molecule has 1 aliphatic heterocycles. The summed E-state index contributed by atoms with van der Waals surface area (Å²) >= 11 is 3.41. The third kappa shape index (κ3) is 3.99. The number of nitrogens with zero attached hydrogens (tertiary/aromatic N) is 3. The average molecular weight is 455 g/mol. The zero-order valence-electron chi connectivity index (χ0n) is 15.1. The molecule has 29 heavy (non-hydrogen) atoms. The first kappa shape index (κ1) is 19.1. The Morgan fingerprint density at radius 2 is 2.24 bits per heavy atom. The second kappa shape index (κ2) is 8.03.